The van der Waals surface area contributed by atoms with E-state index in [9.17, 15) is 19.2 Å². The summed E-state index contributed by atoms with van der Waals surface area (Å²) < 4.78 is 0. The molecule has 0 saturated carbocycles. The minimum absolute atomic E-state index is 0.117. The fourth-order valence-corrected chi connectivity index (χ4v) is 2.72. The quantitative estimate of drug-likeness (QED) is 0.245. The average molecular weight is 298 g/mol. The summed E-state index contributed by atoms with van der Waals surface area (Å²) in [5.41, 5.74) is 4.01. The number of carbonyl (C=O) groups excluding carboxylic acids is 4. The van der Waals surface area contributed by atoms with E-state index < -0.39 is 23.9 Å². The highest BCUT2D eigenvalue weighted by molar-refractivity contribution is 5.92. The Hall–Kier alpha value is -2.20. The van der Waals surface area contributed by atoms with Crippen LogP contribution in [0.15, 0.2) is 0 Å². The van der Waals surface area contributed by atoms with E-state index in [4.69, 9.17) is 11.7 Å². The molecule has 2 unspecified atom stereocenters. The van der Waals surface area contributed by atoms with Crippen LogP contribution in [0.3, 0.4) is 0 Å². The molecule has 10 heteroatoms. The molecule has 2 fully saturated rings. The standard InChI is InChI=1S/C11H18N6O4/c12-14-10(20)6-1-3-8(18)16(6)5-17-7(11(21)15-13)2-4-9(17)19/h6-7H,1-5,12-13H2,(H,14,20)(H,15,21). The molecular weight excluding hydrogens is 280 g/mol. The molecule has 2 aliphatic heterocycles. The summed E-state index contributed by atoms with van der Waals surface area (Å²) >= 11 is 0. The van der Waals surface area contributed by atoms with Crippen molar-refractivity contribution >= 4 is 23.6 Å². The number of amides is 4. The Kier molecular flexibility index (Phi) is 4.38. The number of likely N-dealkylation sites (tertiary alicyclic amines) is 2. The van der Waals surface area contributed by atoms with Crippen molar-refractivity contribution < 1.29 is 19.2 Å². The minimum Gasteiger partial charge on any atom is -0.313 e. The monoisotopic (exact) mass is 298 g/mol. The van der Waals surface area contributed by atoms with Gasteiger partial charge in [0.2, 0.25) is 11.8 Å². The Balaban J connectivity index is 2.13. The van der Waals surface area contributed by atoms with Crippen molar-refractivity contribution in [2.45, 2.75) is 37.8 Å². The van der Waals surface area contributed by atoms with Crippen molar-refractivity contribution in [3.63, 3.8) is 0 Å². The van der Waals surface area contributed by atoms with Crippen LogP contribution in [-0.2, 0) is 19.2 Å². The van der Waals surface area contributed by atoms with Crippen molar-refractivity contribution in [2.24, 2.45) is 11.7 Å². The Morgan fingerprint density at radius 1 is 0.952 bits per heavy atom. The second kappa shape index (κ2) is 6.06. The first-order valence-electron chi connectivity index (χ1n) is 6.59. The molecule has 0 aromatic rings. The van der Waals surface area contributed by atoms with Gasteiger partial charge in [-0.3, -0.25) is 30.0 Å². The molecule has 2 aliphatic rings. The number of hydrogen-bond donors (Lipinski definition) is 4. The lowest BCUT2D eigenvalue weighted by molar-refractivity contribution is -0.144. The average Bonchev–Trinajstić information content (AvgIpc) is 3.03. The van der Waals surface area contributed by atoms with Gasteiger partial charge in [0.15, 0.2) is 0 Å². The normalized spacial score (nSPS) is 25.4. The lowest BCUT2D eigenvalue weighted by atomic mass is 10.2. The molecule has 0 bridgehead atoms. The summed E-state index contributed by atoms with van der Waals surface area (Å²) in [6, 6.07) is -1.45. The smallest absolute Gasteiger partial charge is 0.256 e. The van der Waals surface area contributed by atoms with Crippen LogP contribution in [0.2, 0.25) is 0 Å². The number of nitrogens with zero attached hydrogens (tertiary/aromatic N) is 2. The van der Waals surface area contributed by atoms with Gasteiger partial charge in [-0.2, -0.15) is 0 Å². The van der Waals surface area contributed by atoms with Gasteiger partial charge in [-0.15, -0.1) is 0 Å². The molecule has 21 heavy (non-hydrogen) atoms. The van der Waals surface area contributed by atoms with E-state index in [2.05, 4.69) is 0 Å². The van der Waals surface area contributed by atoms with Gasteiger partial charge in [0.1, 0.15) is 12.1 Å². The molecule has 2 rings (SSSR count). The van der Waals surface area contributed by atoms with E-state index >= 15 is 0 Å². The number of hydrogen-bond acceptors (Lipinski definition) is 6. The van der Waals surface area contributed by atoms with Gasteiger partial charge in [0, 0.05) is 12.8 Å². The second-order valence-electron chi connectivity index (χ2n) is 4.99. The Labute approximate surface area is 120 Å². The van der Waals surface area contributed by atoms with Crippen molar-refractivity contribution in [3.05, 3.63) is 0 Å². The van der Waals surface area contributed by atoms with E-state index in [-0.39, 0.29) is 31.3 Å². The van der Waals surface area contributed by atoms with Gasteiger partial charge in [-0.25, -0.2) is 11.7 Å². The summed E-state index contributed by atoms with van der Waals surface area (Å²) in [6.07, 6.45) is 1.07. The Bertz CT molecular complexity index is 439. The van der Waals surface area contributed by atoms with Gasteiger partial charge >= 0.3 is 0 Å². The molecule has 0 radical (unpaired) electrons. The largest absolute Gasteiger partial charge is 0.313 e. The van der Waals surface area contributed by atoms with Crippen LogP contribution in [-0.4, -0.2) is 52.2 Å². The lowest BCUT2D eigenvalue weighted by Crippen LogP contribution is -2.55. The van der Waals surface area contributed by atoms with Crippen LogP contribution in [0.25, 0.3) is 0 Å². The fraction of sp³-hybridized carbons (Fsp3) is 0.636. The zero-order valence-corrected chi connectivity index (χ0v) is 11.4. The SMILES string of the molecule is NNC(=O)C1CCC(=O)N1CN1C(=O)CCC1C(=O)NN. The van der Waals surface area contributed by atoms with Gasteiger partial charge in [-0.1, -0.05) is 0 Å². The zero-order chi connectivity index (χ0) is 15.6. The van der Waals surface area contributed by atoms with E-state index in [0.717, 1.165) is 0 Å². The topological polar surface area (TPSA) is 151 Å². The van der Waals surface area contributed by atoms with Crippen molar-refractivity contribution in [1.29, 1.82) is 0 Å². The van der Waals surface area contributed by atoms with E-state index in [0.29, 0.717) is 12.8 Å². The molecule has 0 aliphatic carbocycles. The van der Waals surface area contributed by atoms with Gasteiger partial charge < -0.3 is 9.80 Å². The van der Waals surface area contributed by atoms with E-state index in [1.54, 1.807) is 0 Å². The highest BCUT2D eigenvalue weighted by Crippen LogP contribution is 2.24. The van der Waals surface area contributed by atoms with Crippen LogP contribution < -0.4 is 22.5 Å². The molecule has 6 N–H and O–H groups in total. The molecule has 116 valence electrons. The second-order valence-corrected chi connectivity index (χ2v) is 4.99. The third-order valence-corrected chi connectivity index (χ3v) is 3.85. The number of carbonyl (C=O) groups is 4. The number of rotatable bonds is 4. The maximum absolute atomic E-state index is 11.9. The Morgan fingerprint density at radius 2 is 1.33 bits per heavy atom. The molecule has 4 amide bonds. The zero-order valence-electron chi connectivity index (χ0n) is 11.4. The van der Waals surface area contributed by atoms with Gasteiger partial charge in [0.05, 0.1) is 6.67 Å². The first-order chi connectivity index (χ1) is 9.99. The predicted octanol–water partition coefficient (Wildman–Crippen LogP) is -3.09. The molecule has 2 atom stereocenters. The molecule has 0 spiro atoms. The first kappa shape index (κ1) is 15.2. The van der Waals surface area contributed by atoms with Crippen LogP contribution in [0.4, 0.5) is 0 Å². The number of nitrogens with one attached hydrogen (secondary N) is 2. The van der Waals surface area contributed by atoms with Gasteiger partial charge in [0.25, 0.3) is 11.8 Å². The van der Waals surface area contributed by atoms with Crippen molar-refractivity contribution in [3.8, 4) is 0 Å². The molecule has 0 aromatic heterocycles. The summed E-state index contributed by atoms with van der Waals surface area (Å²) in [7, 11) is 0. The van der Waals surface area contributed by atoms with Gasteiger partial charge in [-0.05, 0) is 12.8 Å². The van der Waals surface area contributed by atoms with E-state index in [1.165, 1.54) is 9.80 Å². The lowest BCUT2D eigenvalue weighted by Gasteiger charge is -2.31. The summed E-state index contributed by atoms with van der Waals surface area (Å²) in [6.45, 7) is -0.117. The maximum atomic E-state index is 11.9. The first-order valence-corrected chi connectivity index (χ1v) is 6.59. The van der Waals surface area contributed by atoms with Crippen molar-refractivity contribution in [1.82, 2.24) is 20.7 Å². The molecular formula is C11H18N6O4. The molecule has 2 heterocycles. The Morgan fingerprint density at radius 3 is 1.67 bits per heavy atom. The molecule has 10 nitrogen and oxygen atoms in total. The number of hydrazine groups is 2. The highest BCUT2D eigenvalue weighted by Gasteiger charge is 2.42. The highest BCUT2D eigenvalue weighted by atomic mass is 16.2. The minimum atomic E-state index is -0.725. The summed E-state index contributed by atoms with van der Waals surface area (Å²) in [4.78, 5) is 49.6. The van der Waals surface area contributed by atoms with Crippen molar-refractivity contribution in [2.75, 3.05) is 6.67 Å². The van der Waals surface area contributed by atoms with Crippen LogP contribution in [0.5, 0.6) is 0 Å². The summed E-state index contributed by atoms with van der Waals surface area (Å²) in [5.74, 6) is 8.69. The van der Waals surface area contributed by atoms with Crippen LogP contribution in [0, 0.1) is 0 Å². The third kappa shape index (κ3) is 2.81. The maximum Gasteiger partial charge on any atom is 0.256 e. The summed E-state index contributed by atoms with van der Waals surface area (Å²) in [5, 5.41) is 0. The third-order valence-electron chi connectivity index (χ3n) is 3.85. The molecule has 0 aromatic carbocycles. The van der Waals surface area contributed by atoms with Crippen LogP contribution in [0.1, 0.15) is 25.7 Å². The molecule has 2 saturated heterocycles. The number of nitrogens with two attached hydrogens (primary N) is 2. The van der Waals surface area contributed by atoms with Crippen LogP contribution >= 0.6 is 0 Å². The predicted molar refractivity (Wildman–Crippen MR) is 69.3 cm³/mol. The van der Waals surface area contributed by atoms with E-state index in [1.807, 2.05) is 10.9 Å². The fourth-order valence-electron chi connectivity index (χ4n) is 2.72.